The molecule has 1 aromatic carbocycles. The first-order chi connectivity index (χ1) is 6.80. The highest BCUT2D eigenvalue weighted by molar-refractivity contribution is 5.47. The molecule has 74 valence electrons. The highest BCUT2D eigenvalue weighted by atomic mass is 16.3. The number of nitrogens with zero attached hydrogens (tertiary/aromatic N) is 1. The Bertz CT molecular complexity index is 309. The van der Waals surface area contributed by atoms with Crippen LogP contribution in [0.4, 0.5) is 5.69 Å². The molecule has 0 aliphatic heterocycles. The topological polar surface area (TPSA) is 56.0 Å². The number of hydrogen-bond donors (Lipinski definition) is 2. The lowest BCUT2D eigenvalue weighted by Crippen LogP contribution is -2.22. The third-order valence-corrected chi connectivity index (χ3v) is 2.10. The van der Waals surface area contributed by atoms with Gasteiger partial charge in [0.1, 0.15) is 0 Å². The first kappa shape index (κ1) is 10.6. The Hall–Kier alpha value is -1.53. The second kappa shape index (κ2) is 5.25. The fraction of sp³-hybridized carbons (Fsp3) is 0.364. The maximum atomic E-state index is 8.97. The van der Waals surface area contributed by atoms with Gasteiger partial charge in [-0.3, -0.25) is 0 Å². The van der Waals surface area contributed by atoms with Crippen LogP contribution in [0.25, 0.3) is 0 Å². The van der Waals surface area contributed by atoms with Crippen LogP contribution in [0.15, 0.2) is 24.3 Å². The van der Waals surface area contributed by atoms with E-state index in [-0.39, 0.29) is 12.6 Å². The van der Waals surface area contributed by atoms with E-state index in [1.54, 1.807) is 12.1 Å². The highest BCUT2D eigenvalue weighted by Crippen LogP contribution is 2.10. The summed E-state index contributed by atoms with van der Waals surface area (Å²) in [5.41, 5.74) is 1.58. The molecule has 0 aromatic heterocycles. The normalized spacial score (nSPS) is 11.8. The van der Waals surface area contributed by atoms with E-state index in [0.717, 1.165) is 12.1 Å². The second-order valence-corrected chi connectivity index (χ2v) is 3.12. The van der Waals surface area contributed by atoms with Gasteiger partial charge in [0.15, 0.2) is 0 Å². The summed E-state index contributed by atoms with van der Waals surface area (Å²) in [6, 6.07) is 9.35. The van der Waals surface area contributed by atoms with Gasteiger partial charge in [-0.15, -0.1) is 0 Å². The lowest BCUT2D eigenvalue weighted by molar-refractivity contribution is 0.272. The van der Waals surface area contributed by atoms with Crippen molar-refractivity contribution in [3.05, 3.63) is 29.8 Å². The first-order valence-electron chi connectivity index (χ1n) is 4.67. The van der Waals surface area contributed by atoms with Crippen molar-refractivity contribution in [3.63, 3.8) is 0 Å². The van der Waals surface area contributed by atoms with Gasteiger partial charge in [-0.2, -0.15) is 5.26 Å². The minimum absolute atomic E-state index is 0.0861. The zero-order valence-corrected chi connectivity index (χ0v) is 8.20. The largest absolute Gasteiger partial charge is 0.394 e. The number of anilines is 1. The minimum Gasteiger partial charge on any atom is -0.394 e. The monoisotopic (exact) mass is 190 g/mol. The van der Waals surface area contributed by atoms with E-state index in [0.29, 0.717) is 5.56 Å². The lowest BCUT2D eigenvalue weighted by Gasteiger charge is -2.15. The third-order valence-electron chi connectivity index (χ3n) is 2.10. The molecular weight excluding hydrogens is 176 g/mol. The van der Waals surface area contributed by atoms with E-state index in [1.807, 2.05) is 19.1 Å². The fourth-order valence-electron chi connectivity index (χ4n) is 1.15. The van der Waals surface area contributed by atoms with Crippen LogP contribution in [0.5, 0.6) is 0 Å². The number of aliphatic hydroxyl groups is 1. The zero-order valence-electron chi connectivity index (χ0n) is 8.20. The van der Waals surface area contributed by atoms with Gasteiger partial charge in [-0.25, -0.2) is 0 Å². The molecule has 3 nitrogen and oxygen atoms in total. The van der Waals surface area contributed by atoms with E-state index in [1.165, 1.54) is 0 Å². The zero-order chi connectivity index (χ0) is 10.4. The Morgan fingerprint density at radius 3 is 2.50 bits per heavy atom. The molecule has 3 heteroatoms. The molecule has 0 saturated heterocycles. The van der Waals surface area contributed by atoms with E-state index < -0.39 is 0 Å². The molecule has 0 unspecified atom stereocenters. The van der Waals surface area contributed by atoms with Crippen LogP contribution in [-0.4, -0.2) is 17.8 Å². The van der Waals surface area contributed by atoms with Crippen LogP contribution < -0.4 is 5.32 Å². The molecule has 0 heterocycles. The molecule has 0 amide bonds. The number of benzene rings is 1. The number of rotatable bonds is 4. The van der Waals surface area contributed by atoms with Gasteiger partial charge in [0.2, 0.25) is 0 Å². The summed E-state index contributed by atoms with van der Waals surface area (Å²) in [5.74, 6) is 0. The van der Waals surface area contributed by atoms with E-state index >= 15 is 0 Å². The van der Waals surface area contributed by atoms with Crippen LogP contribution in [0, 0.1) is 11.3 Å². The Morgan fingerprint density at radius 2 is 2.07 bits per heavy atom. The Kier molecular flexibility index (Phi) is 3.96. The molecule has 0 saturated carbocycles. The molecule has 0 fully saturated rings. The number of nitriles is 1. The molecule has 0 bridgehead atoms. The van der Waals surface area contributed by atoms with Crippen molar-refractivity contribution in [2.24, 2.45) is 0 Å². The third kappa shape index (κ3) is 2.75. The summed E-state index contributed by atoms with van der Waals surface area (Å²) in [6.07, 6.45) is 0.872. The summed E-state index contributed by atoms with van der Waals surface area (Å²) in [6.45, 7) is 2.13. The van der Waals surface area contributed by atoms with Gasteiger partial charge in [0.05, 0.1) is 18.2 Å². The maximum absolute atomic E-state index is 8.97. The van der Waals surface area contributed by atoms with Crippen LogP contribution in [0.2, 0.25) is 0 Å². The second-order valence-electron chi connectivity index (χ2n) is 3.12. The van der Waals surface area contributed by atoms with Crippen molar-refractivity contribution in [1.82, 2.24) is 0 Å². The smallest absolute Gasteiger partial charge is 0.0991 e. The molecule has 14 heavy (non-hydrogen) atoms. The van der Waals surface area contributed by atoms with Gasteiger partial charge in [-0.05, 0) is 30.7 Å². The molecule has 0 spiro atoms. The highest BCUT2D eigenvalue weighted by Gasteiger charge is 2.03. The molecular formula is C11H14N2O. The van der Waals surface area contributed by atoms with Gasteiger partial charge < -0.3 is 10.4 Å². The number of nitrogens with one attached hydrogen (secondary N) is 1. The first-order valence-corrected chi connectivity index (χ1v) is 4.67. The molecule has 0 aliphatic carbocycles. The Balaban J connectivity index is 2.64. The maximum Gasteiger partial charge on any atom is 0.0991 e. The molecule has 1 rings (SSSR count). The summed E-state index contributed by atoms with van der Waals surface area (Å²) in [4.78, 5) is 0. The van der Waals surface area contributed by atoms with Gasteiger partial charge >= 0.3 is 0 Å². The quantitative estimate of drug-likeness (QED) is 0.760. The average Bonchev–Trinajstić information content (AvgIpc) is 2.26. The van der Waals surface area contributed by atoms with Crippen LogP contribution in [0.1, 0.15) is 18.9 Å². The van der Waals surface area contributed by atoms with Crippen molar-refractivity contribution in [2.45, 2.75) is 19.4 Å². The van der Waals surface area contributed by atoms with Crippen molar-refractivity contribution in [2.75, 3.05) is 11.9 Å². The van der Waals surface area contributed by atoms with E-state index in [4.69, 9.17) is 10.4 Å². The van der Waals surface area contributed by atoms with E-state index in [9.17, 15) is 0 Å². The molecule has 0 radical (unpaired) electrons. The molecule has 1 atom stereocenters. The van der Waals surface area contributed by atoms with Gasteiger partial charge in [-0.1, -0.05) is 6.92 Å². The van der Waals surface area contributed by atoms with Crippen LogP contribution in [0.3, 0.4) is 0 Å². The summed E-state index contributed by atoms with van der Waals surface area (Å²) < 4.78 is 0. The predicted octanol–water partition coefficient (Wildman–Crippen LogP) is 1.74. The molecule has 2 N–H and O–H groups in total. The van der Waals surface area contributed by atoms with Crippen molar-refractivity contribution < 1.29 is 5.11 Å². The average molecular weight is 190 g/mol. The van der Waals surface area contributed by atoms with E-state index in [2.05, 4.69) is 11.4 Å². The number of hydrogen-bond acceptors (Lipinski definition) is 3. The SMILES string of the molecule is CC[C@H](CO)Nc1ccc(C#N)cc1. The Morgan fingerprint density at radius 1 is 1.43 bits per heavy atom. The summed E-state index contributed by atoms with van der Waals surface area (Å²) >= 11 is 0. The van der Waals surface area contributed by atoms with Gasteiger partial charge in [0.25, 0.3) is 0 Å². The lowest BCUT2D eigenvalue weighted by atomic mass is 10.2. The Labute approximate surface area is 84.0 Å². The molecule has 1 aromatic rings. The summed E-state index contributed by atoms with van der Waals surface area (Å²) in [5, 5.41) is 20.7. The van der Waals surface area contributed by atoms with Crippen molar-refractivity contribution in [1.29, 1.82) is 5.26 Å². The van der Waals surface area contributed by atoms with Crippen molar-refractivity contribution in [3.8, 4) is 6.07 Å². The standard InChI is InChI=1S/C11H14N2O/c1-2-10(8-14)13-11-5-3-9(7-12)4-6-11/h3-6,10,13-14H,2,8H2,1H3/t10-/m1/s1. The number of aliphatic hydroxyl groups excluding tert-OH is 1. The summed E-state index contributed by atoms with van der Waals surface area (Å²) in [7, 11) is 0. The van der Waals surface area contributed by atoms with Gasteiger partial charge in [0, 0.05) is 11.7 Å². The minimum atomic E-state index is 0.0861. The predicted molar refractivity (Wildman–Crippen MR) is 55.9 cm³/mol. The van der Waals surface area contributed by atoms with Crippen molar-refractivity contribution >= 4 is 5.69 Å². The van der Waals surface area contributed by atoms with Crippen LogP contribution >= 0.6 is 0 Å². The van der Waals surface area contributed by atoms with Crippen LogP contribution in [-0.2, 0) is 0 Å². The fourth-order valence-corrected chi connectivity index (χ4v) is 1.15. The molecule has 0 aliphatic rings.